The van der Waals surface area contributed by atoms with E-state index in [9.17, 15) is 19.3 Å². The first kappa shape index (κ1) is 16.5. The van der Waals surface area contributed by atoms with E-state index in [1.807, 2.05) is 13.0 Å². The van der Waals surface area contributed by atoms with Crippen LogP contribution in [0.3, 0.4) is 0 Å². The summed E-state index contributed by atoms with van der Waals surface area (Å²) in [6.07, 6.45) is 0. The number of aryl methyl sites for hydroxylation is 3. The molecule has 25 heavy (non-hydrogen) atoms. The molecule has 128 valence electrons. The summed E-state index contributed by atoms with van der Waals surface area (Å²) in [6, 6.07) is 5.00. The van der Waals surface area contributed by atoms with E-state index in [0.29, 0.717) is 11.3 Å². The number of benzene rings is 1. The van der Waals surface area contributed by atoms with E-state index < -0.39 is 22.3 Å². The van der Waals surface area contributed by atoms with Crippen molar-refractivity contribution in [1.29, 1.82) is 0 Å². The fraction of sp³-hybridized carbons (Fsp3) is 0.188. The summed E-state index contributed by atoms with van der Waals surface area (Å²) in [6.45, 7) is 5.32. The maximum absolute atomic E-state index is 13.4. The summed E-state index contributed by atoms with van der Waals surface area (Å²) < 4.78 is 15.0. The highest BCUT2D eigenvalue weighted by Crippen LogP contribution is 2.23. The summed E-state index contributed by atoms with van der Waals surface area (Å²) in [5.74, 6) is -1.49. The van der Waals surface area contributed by atoms with Gasteiger partial charge in [0.1, 0.15) is 5.56 Å². The summed E-state index contributed by atoms with van der Waals surface area (Å²) in [5.41, 5.74) is 2.08. The van der Waals surface area contributed by atoms with Gasteiger partial charge in [0.15, 0.2) is 5.65 Å². The molecular weight excluding hydrogens is 329 g/mol. The maximum Gasteiger partial charge on any atom is 0.306 e. The number of nitro benzene ring substituents is 1. The lowest BCUT2D eigenvalue weighted by Gasteiger charge is -2.06. The topological polar surface area (TPSA) is 102 Å². The van der Waals surface area contributed by atoms with Gasteiger partial charge in [-0.25, -0.2) is 9.50 Å². The van der Waals surface area contributed by atoms with Crippen molar-refractivity contribution in [3.05, 3.63) is 62.8 Å². The normalized spacial score (nSPS) is 10.9. The Balaban J connectivity index is 2.03. The number of halogens is 1. The van der Waals surface area contributed by atoms with Crippen molar-refractivity contribution < 1.29 is 14.1 Å². The molecule has 0 radical (unpaired) electrons. The number of fused-ring (bicyclic) bond motifs is 1. The molecule has 0 spiro atoms. The van der Waals surface area contributed by atoms with E-state index in [1.165, 1.54) is 6.07 Å². The molecule has 0 aliphatic rings. The first-order valence-electron chi connectivity index (χ1n) is 7.37. The van der Waals surface area contributed by atoms with Gasteiger partial charge in [0, 0.05) is 23.1 Å². The van der Waals surface area contributed by atoms with E-state index in [0.717, 1.165) is 23.5 Å². The SMILES string of the molecule is Cc1cc(C)n2nc(C)c(C(=O)Nc3ccc(F)c([N+](=O)[O-])c3)c2n1. The summed E-state index contributed by atoms with van der Waals surface area (Å²) in [5, 5.41) is 17.7. The third-order valence-corrected chi connectivity index (χ3v) is 3.70. The molecule has 3 rings (SSSR count). The average Bonchev–Trinajstić information content (AvgIpc) is 2.85. The van der Waals surface area contributed by atoms with Crippen LogP contribution in [0.2, 0.25) is 0 Å². The molecule has 0 aliphatic carbocycles. The predicted octanol–water partition coefficient (Wildman–Crippen LogP) is 2.95. The van der Waals surface area contributed by atoms with Gasteiger partial charge in [-0.2, -0.15) is 9.49 Å². The Labute approximate surface area is 141 Å². The molecule has 0 bridgehead atoms. The number of hydrogen-bond acceptors (Lipinski definition) is 5. The van der Waals surface area contributed by atoms with E-state index >= 15 is 0 Å². The fourth-order valence-corrected chi connectivity index (χ4v) is 2.62. The van der Waals surface area contributed by atoms with E-state index in [-0.39, 0.29) is 11.3 Å². The molecule has 1 N–H and O–H groups in total. The molecule has 3 aromatic rings. The minimum Gasteiger partial charge on any atom is -0.322 e. The molecular formula is C16H14FN5O3. The van der Waals surface area contributed by atoms with E-state index in [2.05, 4.69) is 15.4 Å². The first-order chi connectivity index (χ1) is 11.8. The van der Waals surface area contributed by atoms with Crippen molar-refractivity contribution in [2.24, 2.45) is 0 Å². The number of hydrogen-bond donors (Lipinski definition) is 1. The number of nitrogens with zero attached hydrogens (tertiary/aromatic N) is 4. The van der Waals surface area contributed by atoms with Crippen LogP contribution >= 0.6 is 0 Å². The minimum absolute atomic E-state index is 0.112. The van der Waals surface area contributed by atoms with Crippen LogP contribution in [0.5, 0.6) is 0 Å². The monoisotopic (exact) mass is 343 g/mol. The molecule has 1 amide bonds. The number of nitro groups is 1. The van der Waals surface area contributed by atoms with Crippen LogP contribution in [0.15, 0.2) is 24.3 Å². The lowest BCUT2D eigenvalue weighted by Crippen LogP contribution is -2.14. The zero-order valence-corrected chi connectivity index (χ0v) is 13.7. The van der Waals surface area contributed by atoms with Crippen molar-refractivity contribution in [3.63, 3.8) is 0 Å². The van der Waals surface area contributed by atoms with Gasteiger partial charge in [0.2, 0.25) is 5.82 Å². The van der Waals surface area contributed by atoms with Gasteiger partial charge >= 0.3 is 5.69 Å². The zero-order chi connectivity index (χ0) is 18.3. The molecule has 0 fully saturated rings. The largest absolute Gasteiger partial charge is 0.322 e. The van der Waals surface area contributed by atoms with Crippen LogP contribution in [0.25, 0.3) is 5.65 Å². The number of anilines is 1. The van der Waals surface area contributed by atoms with E-state index in [1.54, 1.807) is 18.4 Å². The molecule has 0 atom stereocenters. The van der Waals surface area contributed by atoms with Crippen LogP contribution in [0.4, 0.5) is 15.8 Å². The van der Waals surface area contributed by atoms with Crippen LogP contribution in [0.1, 0.15) is 27.4 Å². The van der Waals surface area contributed by atoms with Crippen molar-refractivity contribution >= 4 is 22.9 Å². The lowest BCUT2D eigenvalue weighted by atomic mass is 10.2. The summed E-state index contributed by atoms with van der Waals surface area (Å²) in [7, 11) is 0. The van der Waals surface area contributed by atoms with Crippen molar-refractivity contribution in [1.82, 2.24) is 14.6 Å². The fourth-order valence-electron chi connectivity index (χ4n) is 2.62. The highest BCUT2D eigenvalue weighted by atomic mass is 19.1. The van der Waals surface area contributed by atoms with Crippen molar-refractivity contribution in [3.8, 4) is 0 Å². The van der Waals surface area contributed by atoms with Gasteiger partial charge in [-0.05, 0) is 39.0 Å². The minimum atomic E-state index is -0.969. The number of nitrogens with one attached hydrogen (secondary N) is 1. The summed E-state index contributed by atoms with van der Waals surface area (Å²) in [4.78, 5) is 27.0. The van der Waals surface area contributed by atoms with Crippen LogP contribution in [-0.2, 0) is 0 Å². The first-order valence-corrected chi connectivity index (χ1v) is 7.37. The maximum atomic E-state index is 13.4. The molecule has 0 unspecified atom stereocenters. The second-order valence-electron chi connectivity index (χ2n) is 5.61. The Hall–Kier alpha value is -3.36. The molecule has 0 aliphatic heterocycles. The van der Waals surface area contributed by atoms with Crippen LogP contribution in [0, 0.1) is 36.7 Å². The molecule has 9 heteroatoms. The number of carbonyl (C=O) groups excluding carboxylic acids is 1. The Morgan fingerprint density at radius 3 is 2.68 bits per heavy atom. The smallest absolute Gasteiger partial charge is 0.306 e. The third-order valence-electron chi connectivity index (χ3n) is 3.70. The highest BCUT2D eigenvalue weighted by molar-refractivity contribution is 6.09. The average molecular weight is 343 g/mol. The standard InChI is InChI=1S/C16H14FN5O3/c1-8-6-9(2)21-15(18-8)14(10(3)20-21)16(23)19-11-4-5-12(17)13(7-11)22(24)25/h4-7H,1-3H3,(H,19,23). The zero-order valence-electron chi connectivity index (χ0n) is 13.7. The Bertz CT molecular complexity index is 1030. The van der Waals surface area contributed by atoms with Gasteiger partial charge in [0.25, 0.3) is 5.91 Å². The van der Waals surface area contributed by atoms with Crippen molar-refractivity contribution in [2.45, 2.75) is 20.8 Å². The second-order valence-corrected chi connectivity index (χ2v) is 5.61. The molecule has 8 nitrogen and oxygen atoms in total. The van der Waals surface area contributed by atoms with E-state index in [4.69, 9.17) is 0 Å². The van der Waals surface area contributed by atoms with Gasteiger partial charge in [-0.1, -0.05) is 0 Å². The van der Waals surface area contributed by atoms with Gasteiger partial charge in [0.05, 0.1) is 10.6 Å². The number of aromatic nitrogens is 3. The van der Waals surface area contributed by atoms with Gasteiger partial charge in [-0.15, -0.1) is 0 Å². The summed E-state index contributed by atoms with van der Waals surface area (Å²) >= 11 is 0. The molecule has 2 heterocycles. The Kier molecular flexibility index (Phi) is 3.91. The number of rotatable bonds is 3. The Morgan fingerprint density at radius 2 is 2.00 bits per heavy atom. The molecule has 1 aromatic carbocycles. The predicted molar refractivity (Wildman–Crippen MR) is 88.2 cm³/mol. The van der Waals surface area contributed by atoms with Crippen molar-refractivity contribution in [2.75, 3.05) is 5.32 Å². The van der Waals surface area contributed by atoms with Crippen LogP contribution in [-0.4, -0.2) is 25.4 Å². The number of amides is 1. The molecule has 0 saturated heterocycles. The quantitative estimate of drug-likeness (QED) is 0.582. The highest BCUT2D eigenvalue weighted by Gasteiger charge is 2.21. The third kappa shape index (κ3) is 2.91. The molecule has 0 saturated carbocycles. The number of carbonyl (C=O) groups is 1. The lowest BCUT2D eigenvalue weighted by molar-refractivity contribution is -0.387. The van der Waals surface area contributed by atoms with Gasteiger partial charge < -0.3 is 5.32 Å². The van der Waals surface area contributed by atoms with Gasteiger partial charge in [-0.3, -0.25) is 14.9 Å². The van der Waals surface area contributed by atoms with Crippen LogP contribution < -0.4 is 5.32 Å². The molecule has 2 aromatic heterocycles. The Morgan fingerprint density at radius 1 is 1.28 bits per heavy atom. The second kappa shape index (κ2) is 5.93.